The van der Waals surface area contributed by atoms with E-state index >= 15 is 0 Å². The van der Waals surface area contributed by atoms with Crippen molar-refractivity contribution in [2.75, 3.05) is 0 Å². The molecular formula is C10H11O. The Hall–Kier alpha value is -1.11. The molecule has 0 N–H and O–H groups in total. The summed E-state index contributed by atoms with van der Waals surface area (Å²) in [5.74, 6) is 0. The van der Waals surface area contributed by atoms with Crippen molar-refractivity contribution < 1.29 is 4.79 Å². The van der Waals surface area contributed by atoms with Gasteiger partial charge in [0.25, 0.3) is 0 Å². The van der Waals surface area contributed by atoms with Crippen molar-refractivity contribution in [2.24, 2.45) is 0 Å². The number of aldehydes is 1. The molecule has 0 spiro atoms. The molecular weight excluding hydrogens is 136 g/mol. The van der Waals surface area contributed by atoms with Gasteiger partial charge in [-0.05, 0) is 25.5 Å². The van der Waals surface area contributed by atoms with Crippen molar-refractivity contribution in [3.63, 3.8) is 0 Å². The zero-order chi connectivity index (χ0) is 8.32. The second kappa shape index (κ2) is 2.87. The third-order valence-corrected chi connectivity index (χ3v) is 1.76. The van der Waals surface area contributed by atoms with Crippen LogP contribution in [0.1, 0.15) is 19.4 Å². The van der Waals surface area contributed by atoms with Gasteiger partial charge in [0, 0.05) is 5.41 Å². The Morgan fingerprint density at radius 2 is 1.91 bits per heavy atom. The summed E-state index contributed by atoms with van der Waals surface area (Å²) in [6.45, 7) is 3.80. The van der Waals surface area contributed by atoms with Gasteiger partial charge in [0.05, 0.1) is 0 Å². The van der Waals surface area contributed by atoms with Gasteiger partial charge >= 0.3 is 0 Å². The molecule has 1 nitrogen and oxygen atoms in total. The monoisotopic (exact) mass is 147 g/mol. The van der Waals surface area contributed by atoms with Crippen LogP contribution in [-0.4, -0.2) is 6.29 Å². The van der Waals surface area contributed by atoms with Gasteiger partial charge < -0.3 is 4.79 Å². The second-order valence-corrected chi connectivity index (χ2v) is 3.13. The van der Waals surface area contributed by atoms with Gasteiger partial charge in [0.2, 0.25) is 0 Å². The zero-order valence-corrected chi connectivity index (χ0v) is 6.79. The van der Waals surface area contributed by atoms with Crippen LogP contribution < -0.4 is 0 Å². The first kappa shape index (κ1) is 7.99. The van der Waals surface area contributed by atoms with E-state index in [-0.39, 0.29) is 5.41 Å². The molecule has 1 radical (unpaired) electrons. The number of benzene rings is 1. The highest BCUT2D eigenvalue weighted by Gasteiger charge is 2.17. The van der Waals surface area contributed by atoms with E-state index in [0.29, 0.717) is 0 Å². The summed E-state index contributed by atoms with van der Waals surface area (Å²) < 4.78 is 0. The zero-order valence-electron chi connectivity index (χ0n) is 6.79. The van der Waals surface area contributed by atoms with Gasteiger partial charge in [-0.1, -0.05) is 24.3 Å². The molecule has 0 aromatic heterocycles. The van der Waals surface area contributed by atoms with Crippen LogP contribution in [0.25, 0.3) is 0 Å². The Morgan fingerprint density at radius 1 is 1.36 bits per heavy atom. The molecule has 0 unspecified atom stereocenters. The average Bonchev–Trinajstić information content (AvgIpc) is 2.06. The van der Waals surface area contributed by atoms with E-state index in [2.05, 4.69) is 6.07 Å². The first-order chi connectivity index (χ1) is 5.17. The molecule has 0 amide bonds. The van der Waals surface area contributed by atoms with Crippen LogP contribution in [0.3, 0.4) is 0 Å². The van der Waals surface area contributed by atoms with Crippen LogP contribution >= 0.6 is 0 Å². The summed E-state index contributed by atoms with van der Waals surface area (Å²) >= 11 is 0. The fraction of sp³-hybridized carbons (Fsp3) is 0.300. The Balaban J connectivity index is 3.02. The smallest absolute Gasteiger partial charge is 0.129 e. The largest absolute Gasteiger partial charge is 0.302 e. The summed E-state index contributed by atoms with van der Waals surface area (Å²) in [6, 6.07) is 10.4. The Kier molecular flexibility index (Phi) is 2.08. The Bertz CT molecular complexity index is 236. The fourth-order valence-electron chi connectivity index (χ4n) is 0.884. The lowest BCUT2D eigenvalue weighted by Gasteiger charge is -2.16. The highest BCUT2D eigenvalue weighted by molar-refractivity contribution is 5.66. The molecule has 0 saturated carbocycles. The van der Waals surface area contributed by atoms with Crippen LogP contribution in [0.15, 0.2) is 24.3 Å². The molecule has 0 atom stereocenters. The molecule has 1 heteroatoms. The van der Waals surface area contributed by atoms with Gasteiger partial charge in [-0.3, -0.25) is 0 Å². The summed E-state index contributed by atoms with van der Waals surface area (Å²) in [7, 11) is 0. The van der Waals surface area contributed by atoms with Crippen LogP contribution in [-0.2, 0) is 10.2 Å². The minimum absolute atomic E-state index is 0.366. The van der Waals surface area contributed by atoms with Crippen LogP contribution in [0.2, 0.25) is 0 Å². The second-order valence-electron chi connectivity index (χ2n) is 3.13. The van der Waals surface area contributed by atoms with Crippen LogP contribution in [0.5, 0.6) is 0 Å². The third kappa shape index (κ3) is 1.67. The Morgan fingerprint density at radius 3 is 2.36 bits per heavy atom. The van der Waals surface area contributed by atoms with Gasteiger partial charge in [-0.2, -0.15) is 0 Å². The van der Waals surface area contributed by atoms with Crippen LogP contribution in [0.4, 0.5) is 0 Å². The maximum atomic E-state index is 10.6. The topological polar surface area (TPSA) is 17.1 Å². The van der Waals surface area contributed by atoms with Crippen molar-refractivity contribution in [3.8, 4) is 0 Å². The summed E-state index contributed by atoms with van der Waals surface area (Å²) in [5.41, 5.74) is 0.668. The number of hydrogen-bond donors (Lipinski definition) is 0. The maximum Gasteiger partial charge on any atom is 0.129 e. The van der Waals surface area contributed by atoms with Gasteiger partial charge in [0.15, 0.2) is 0 Å². The number of carbonyl (C=O) groups is 1. The van der Waals surface area contributed by atoms with E-state index < -0.39 is 0 Å². The fourth-order valence-corrected chi connectivity index (χ4v) is 0.884. The van der Waals surface area contributed by atoms with E-state index in [1.54, 1.807) is 0 Å². The average molecular weight is 147 g/mol. The van der Waals surface area contributed by atoms with E-state index in [1.807, 2.05) is 38.1 Å². The third-order valence-electron chi connectivity index (χ3n) is 1.76. The maximum absolute atomic E-state index is 10.6. The molecule has 0 aliphatic heterocycles. The summed E-state index contributed by atoms with van der Waals surface area (Å²) in [5, 5.41) is 0. The molecule has 0 heterocycles. The lowest BCUT2D eigenvalue weighted by atomic mass is 9.87. The van der Waals surface area contributed by atoms with Crippen molar-refractivity contribution in [1.82, 2.24) is 0 Å². The van der Waals surface area contributed by atoms with E-state index in [1.165, 1.54) is 0 Å². The molecule has 57 valence electrons. The quantitative estimate of drug-likeness (QED) is 0.584. The predicted molar refractivity (Wildman–Crippen MR) is 44.4 cm³/mol. The van der Waals surface area contributed by atoms with Crippen molar-refractivity contribution >= 4 is 6.29 Å². The molecule has 0 saturated heterocycles. The van der Waals surface area contributed by atoms with Crippen molar-refractivity contribution in [2.45, 2.75) is 19.3 Å². The first-order valence-electron chi connectivity index (χ1n) is 3.60. The standard InChI is InChI=1S/C10H11O/c1-10(2,8-11)9-6-4-3-5-7-9/h4-8H,1-2H3. The van der Waals surface area contributed by atoms with Crippen molar-refractivity contribution in [1.29, 1.82) is 0 Å². The normalized spacial score (nSPS) is 11.1. The van der Waals surface area contributed by atoms with Gasteiger partial charge in [-0.25, -0.2) is 0 Å². The minimum atomic E-state index is -0.366. The number of hydrogen-bond acceptors (Lipinski definition) is 1. The molecule has 1 rings (SSSR count). The van der Waals surface area contributed by atoms with E-state index in [0.717, 1.165) is 11.8 Å². The molecule has 0 aliphatic carbocycles. The van der Waals surface area contributed by atoms with Gasteiger partial charge in [-0.15, -0.1) is 0 Å². The SMILES string of the molecule is CC(C)(C=O)c1cc[c]cc1. The summed E-state index contributed by atoms with van der Waals surface area (Å²) in [4.78, 5) is 10.6. The lowest BCUT2D eigenvalue weighted by Crippen LogP contribution is -2.18. The molecule has 1 aromatic rings. The molecule has 0 fully saturated rings. The van der Waals surface area contributed by atoms with E-state index in [9.17, 15) is 4.79 Å². The molecule has 0 bridgehead atoms. The Labute approximate surface area is 67.1 Å². The van der Waals surface area contributed by atoms with Crippen LogP contribution in [0, 0.1) is 6.07 Å². The highest BCUT2D eigenvalue weighted by atomic mass is 16.1. The molecule has 11 heavy (non-hydrogen) atoms. The predicted octanol–water partition coefficient (Wildman–Crippen LogP) is 1.96. The van der Waals surface area contributed by atoms with Crippen molar-refractivity contribution in [3.05, 3.63) is 35.9 Å². The summed E-state index contributed by atoms with van der Waals surface area (Å²) in [6.07, 6.45) is 0.961. The first-order valence-corrected chi connectivity index (χ1v) is 3.60. The molecule has 1 aromatic carbocycles. The molecule has 0 aliphatic rings. The number of carbonyl (C=O) groups excluding carboxylic acids is 1. The van der Waals surface area contributed by atoms with Gasteiger partial charge in [0.1, 0.15) is 6.29 Å². The lowest BCUT2D eigenvalue weighted by molar-refractivity contribution is -0.111. The minimum Gasteiger partial charge on any atom is -0.302 e. The number of rotatable bonds is 2. The van der Waals surface area contributed by atoms with E-state index in [4.69, 9.17) is 0 Å². The highest BCUT2D eigenvalue weighted by Crippen LogP contribution is 2.19.